The maximum absolute atomic E-state index is 13.4. The number of nitrogens with one attached hydrogen (secondary N) is 2. The summed E-state index contributed by atoms with van der Waals surface area (Å²) in [6.45, 7) is 3.70. The van der Waals surface area contributed by atoms with Crippen molar-refractivity contribution in [1.82, 2.24) is 19.4 Å². The van der Waals surface area contributed by atoms with Gasteiger partial charge in [0.2, 0.25) is 0 Å². The average Bonchev–Trinajstić information content (AvgIpc) is 3.50. The molecule has 0 aliphatic heterocycles. The Bertz CT molecular complexity index is 1710. The number of carbonyl (C=O) groups excluding carboxylic acids is 1. The lowest BCUT2D eigenvalue weighted by Crippen LogP contribution is -2.47. The normalized spacial score (nSPS) is 14.5. The van der Waals surface area contributed by atoms with Gasteiger partial charge in [-0.15, -0.1) is 0 Å². The Morgan fingerprint density at radius 2 is 1.66 bits per heavy atom. The van der Waals surface area contributed by atoms with Crippen molar-refractivity contribution in [2.24, 2.45) is 14.1 Å². The summed E-state index contributed by atoms with van der Waals surface area (Å²) in [5.74, 6) is -0.456. The van der Waals surface area contributed by atoms with Crippen molar-refractivity contribution in [3.63, 3.8) is 0 Å². The van der Waals surface area contributed by atoms with Crippen molar-refractivity contribution in [2.45, 2.75) is 38.4 Å². The summed E-state index contributed by atoms with van der Waals surface area (Å²) in [6, 6.07) is 8.55. The van der Waals surface area contributed by atoms with E-state index in [1.54, 1.807) is 19.3 Å². The number of alkyl halides is 3. The van der Waals surface area contributed by atoms with E-state index in [-0.39, 0.29) is 35.2 Å². The molecular weight excluding hydrogens is 501 g/mol. The highest BCUT2D eigenvalue weighted by Crippen LogP contribution is 2.49. The fourth-order valence-electron chi connectivity index (χ4n) is 4.54. The molecule has 198 valence electrons. The summed E-state index contributed by atoms with van der Waals surface area (Å²) < 4.78 is 49.0. The number of rotatable bonds is 5. The van der Waals surface area contributed by atoms with Gasteiger partial charge in [0.15, 0.2) is 5.75 Å². The van der Waals surface area contributed by atoms with E-state index in [1.165, 1.54) is 28.4 Å². The van der Waals surface area contributed by atoms with Gasteiger partial charge in [-0.25, -0.2) is 0 Å². The smallest absolute Gasteiger partial charge is 0.411 e. The summed E-state index contributed by atoms with van der Waals surface area (Å²) in [7, 11) is 3.08. The quantitative estimate of drug-likeness (QED) is 0.401. The molecule has 1 amide bonds. The molecule has 1 fully saturated rings. The van der Waals surface area contributed by atoms with E-state index in [0.717, 1.165) is 11.1 Å². The lowest BCUT2D eigenvalue weighted by Gasteiger charge is -2.20. The second-order valence-corrected chi connectivity index (χ2v) is 9.76. The molecule has 0 spiro atoms. The Morgan fingerprint density at radius 1 is 1.00 bits per heavy atom. The number of para-hydroxylation sites is 1. The van der Waals surface area contributed by atoms with Crippen LogP contribution >= 0.6 is 0 Å². The number of ether oxygens (including phenoxy) is 1. The van der Waals surface area contributed by atoms with Gasteiger partial charge in [-0.3, -0.25) is 14.4 Å². The number of H-pyrrole nitrogens is 1. The molecule has 0 atom stereocenters. The summed E-state index contributed by atoms with van der Waals surface area (Å²) in [5, 5.41) is 2.34. The van der Waals surface area contributed by atoms with Crippen LogP contribution in [-0.4, -0.2) is 31.7 Å². The van der Waals surface area contributed by atoms with Crippen LogP contribution in [0.5, 0.6) is 11.5 Å². The molecule has 4 aromatic rings. The van der Waals surface area contributed by atoms with Gasteiger partial charge in [-0.2, -0.15) is 13.2 Å². The Balaban J connectivity index is 1.67. The minimum atomic E-state index is -4.58. The standard InChI is InChI=1S/C27H25F3N4O4/c1-14-6-5-7-15(2)21(14)38-22-16(8-11-33(3)25(22)37)18-13-34(4)24(36)20-17(18)12-19(31-20)23(35)32-26(9-10-26)27(28,29)30/h5-8,11-13,31H,9-10H2,1-4H3,(H,32,35). The van der Waals surface area contributed by atoms with Crippen molar-refractivity contribution in [3.05, 3.63) is 80.3 Å². The minimum Gasteiger partial charge on any atom is -0.450 e. The molecule has 1 aromatic carbocycles. The van der Waals surface area contributed by atoms with Crippen molar-refractivity contribution in [1.29, 1.82) is 0 Å². The summed E-state index contributed by atoms with van der Waals surface area (Å²) in [5.41, 5.74) is -0.968. The molecule has 0 unspecified atom stereocenters. The number of aromatic amines is 1. The molecular formula is C27H25F3N4O4. The highest BCUT2D eigenvalue weighted by atomic mass is 19.4. The predicted octanol–water partition coefficient (Wildman–Crippen LogP) is 4.47. The van der Waals surface area contributed by atoms with Crippen LogP contribution in [0, 0.1) is 13.8 Å². The number of nitrogens with zero attached hydrogens (tertiary/aromatic N) is 2. The highest BCUT2D eigenvalue weighted by Gasteiger charge is 2.64. The summed E-state index contributed by atoms with van der Waals surface area (Å²) in [4.78, 5) is 41.7. The first-order valence-corrected chi connectivity index (χ1v) is 11.9. The zero-order valence-corrected chi connectivity index (χ0v) is 21.1. The third kappa shape index (κ3) is 4.07. The van der Waals surface area contributed by atoms with Gasteiger partial charge in [0, 0.05) is 43.0 Å². The van der Waals surface area contributed by atoms with Crippen LogP contribution in [0.1, 0.15) is 34.5 Å². The van der Waals surface area contributed by atoms with Crippen LogP contribution in [0.25, 0.3) is 22.0 Å². The van der Waals surface area contributed by atoms with Crippen molar-refractivity contribution in [2.75, 3.05) is 0 Å². The fraction of sp³-hybridized carbons (Fsp3) is 0.296. The van der Waals surface area contributed by atoms with Crippen LogP contribution in [0.2, 0.25) is 0 Å². The molecule has 1 aliphatic carbocycles. The van der Waals surface area contributed by atoms with E-state index in [2.05, 4.69) is 10.3 Å². The molecule has 8 nitrogen and oxygen atoms in total. The fourth-order valence-corrected chi connectivity index (χ4v) is 4.54. The number of amides is 1. The van der Waals surface area contributed by atoms with Crippen LogP contribution in [0.15, 0.2) is 52.3 Å². The monoisotopic (exact) mass is 526 g/mol. The number of pyridine rings is 2. The van der Waals surface area contributed by atoms with E-state index in [1.807, 2.05) is 32.0 Å². The van der Waals surface area contributed by atoms with E-state index in [9.17, 15) is 27.6 Å². The van der Waals surface area contributed by atoms with Gasteiger partial charge in [-0.1, -0.05) is 18.2 Å². The molecule has 1 aliphatic rings. The van der Waals surface area contributed by atoms with Gasteiger partial charge in [0.25, 0.3) is 17.0 Å². The van der Waals surface area contributed by atoms with Gasteiger partial charge in [-0.05, 0) is 49.9 Å². The molecule has 11 heteroatoms. The van der Waals surface area contributed by atoms with Gasteiger partial charge in [0.05, 0.1) is 0 Å². The molecule has 3 aromatic heterocycles. The van der Waals surface area contributed by atoms with Crippen molar-refractivity contribution < 1.29 is 22.7 Å². The number of hydrogen-bond acceptors (Lipinski definition) is 4. The molecule has 0 bridgehead atoms. The number of halogens is 3. The maximum atomic E-state index is 13.4. The number of hydrogen-bond donors (Lipinski definition) is 2. The number of benzene rings is 1. The topological polar surface area (TPSA) is 98.1 Å². The van der Waals surface area contributed by atoms with Crippen LogP contribution < -0.4 is 21.2 Å². The second kappa shape index (κ2) is 8.64. The maximum Gasteiger partial charge on any atom is 0.411 e. The van der Waals surface area contributed by atoms with E-state index in [4.69, 9.17) is 4.74 Å². The highest BCUT2D eigenvalue weighted by molar-refractivity contribution is 6.03. The zero-order valence-electron chi connectivity index (χ0n) is 21.1. The minimum absolute atomic E-state index is 0.00792. The first kappa shape index (κ1) is 25.4. The Kier molecular flexibility index (Phi) is 5.77. The Hall–Kier alpha value is -4.28. The largest absolute Gasteiger partial charge is 0.450 e. The first-order valence-electron chi connectivity index (χ1n) is 11.9. The average molecular weight is 527 g/mol. The predicted molar refractivity (Wildman–Crippen MR) is 136 cm³/mol. The molecule has 1 saturated carbocycles. The SMILES string of the molecule is Cc1cccc(C)c1Oc1c(-c2cn(C)c(=O)c3[nH]c(C(=O)NC4(C(F)(F)F)CC4)cc23)ccn(C)c1=O. The third-order valence-corrected chi connectivity index (χ3v) is 6.98. The van der Waals surface area contributed by atoms with Crippen molar-refractivity contribution in [3.8, 4) is 22.6 Å². The summed E-state index contributed by atoms with van der Waals surface area (Å²) >= 11 is 0. The Labute approximate surface area is 214 Å². The second-order valence-electron chi connectivity index (χ2n) is 9.76. The lowest BCUT2D eigenvalue weighted by atomic mass is 10.0. The van der Waals surface area contributed by atoms with Gasteiger partial charge < -0.3 is 24.2 Å². The first-order chi connectivity index (χ1) is 17.8. The number of aromatic nitrogens is 3. The zero-order chi connectivity index (χ0) is 27.6. The summed E-state index contributed by atoms with van der Waals surface area (Å²) in [6.07, 6.45) is -1.94. The molecule has 38 heavy (non-hydrogen) atoms. The third-order valence-electron chi connectivity index (χ3n) is 6.98. The van der Waals surface area contributed by atoms with Crippen LogP contribution in [-0.2, 0) is 14.1 Å². The molecule has 2 N–H and O–H groups in total. The van der Waals surface area contributed by atoms with Crippen molar-refractivity contribution >= 4 is 16.8 Å². The Morgan fingerprint density at radius 3 is 2.26 bits per heavy atom. The van der Waals surface area contributed by atoms with Gasteiger partial charge >= 0.3 is 6.18 Å². The number of carbonyl (C=O) groups is 1. The van der Waals surface area contributed by atoms with E-state index in [0.29, 0.717) is 16.9 Å². The molecule has 0 saturated heterocycles. The van der Waals surface area contributed by atoms with E-state index >= 15 is 0 Å². The number of aryl methyl sites for hydroxylation is 4. The van der Waals surface area contributed by atoms with Crippen LogP contribution in [0.4, 0.5) is 13.2 Å². The molecule has 5 rings (SSSR count). The van der Waals surface area contributed by atoms with E-state index < -0.39 is 28.7 Å². The van der Waals surface area contributed by atoms with Gasteiger partial charge in [0.1, 0.15) is 22.5 Å². The lowest BCUT2D eigenvalue weighted by molar-refractivity contribution is -0.163. The van der Waals surface area contributed by atoms with Crippen LogP contribution in [0.3, 0.4) is 0 Å². The molecule has 3 heterocycles. The molecule has 0 radical (unpaired) electrons. The number of fused-ring (bicyclic) bond motifs is 1.